The van der Waals surface area contributed by atoms with E-state index in [2.05, 4.69) is 9.97 Å². The van der Waals surface area contributed by atoms with Gasteiger partial charge in [0.05, 0.1) is 0 Å². The van der Waals surface area contributed by atoms with Crippen LogP contribution in [0, 0.1) is 6.08 Å². The van der Waals surface area contributed by atoms with Crippen LogP contribution in [0.3, 0.4) is 0 Å². The Morgan fingerprint density at radius 2 is 1.90 bits per heavy atom. The molecule has 0 spiro atoms. The van der Waals surface area contributed by atoms with E-state index in [9.17, 15) is 4.39 Å². The van der Waals surface area contributed by atoms with Crippen molar-refractivity contribution in [2.24, 2.45) is 0 Å². The molecular formula is C4HCl2FN3. The minimum atomic E-state index is -1.04. The van der Waals surface area contributed by atoms with Crippen molar-refractivity contribution in [3.05, 3.63) is 16.3 Å². The molecule has 0 bridgehead atoms. The molecule has 1 N–H and O–H groups in total. The molecule has 0 aromatic carbocycles. The van der Waals surface area contributed by atoms with Crippen LogP contribution in [0.2, 0.25) is 10.2 Å². The lowest BCUT2D eigenvalue weighted by Crippen LogP contribution is -1.91. The highest BCUT2D eigenvalue weighted by Crippen LogP contribution is 2.24. The van der Waals surface area contributed by atoms with Gasteiger partial charge in [0.2, 0.25) is 0 Å². The van der Waals surface area contributed by atoms with Gasteiger partial charge in [-0.2, -0.15) is 14.4 Å². The van der Waals surface area contributed by atoms with Gasteiger partial charge < -0.3 is 0 Å². The maximum absolute atomic E-state index is 12.1. The highest BCUT2D eigenvalue weighted by atomic mass is 35.5. The Morgan fingerprint density at radius 1 is 1.30 bits per heavy atom. The fourth-order valence-corrected chi connectivity index (χ4v) is 0.638. The van der Waals surface area contributed by atoms with Crippen molar-refractivity contribution in [2.75, 3.05) is 0 Å². The maximum Gasteiger partial charge on any atom is 0.312 e. The maximum atomic E-state index is 12.1. The molecule has 0 aliphatic heterocycles. The average molecular weight is 181 g/mol. The summed E-state index contributed by atoms with van der Waals surface area (Å²) in [6.45, 7) is 0. The molecule has 6 heteroatoms. The Bertz CT molecular complexity index is 242. The summed E-state index contributed by atoms with van der Waals surface area (Å²) in [6.07, 6.45) is -1.04. The summed E-state index contributed by atoms with van der Waals surface area (Å²) in [6, 6.07) is 0. The molecule has 53 valence electrons. The molecule has 0 aliphatic rings. The SMILES string of the molecule is [NH]c1nc(F)nc(Cl)c1Cl. The minimum absolute atomic E-state index is 0.136. The van der Waals surface area contributed by atoms with Crippen LogP contribution >= 0.6 is 23.2 Å². The van der Waals surface area contributed by atoms with E-state index in [1.165, 1.54) is 0 Å². The molecule has 0 saturated carbocycles. The highest BCUT2D eigenvalue weighted by molar-refractivity contribution is 6.42. The lowest BCUT2D eigenvalue weighted by Gasteiger charge is -1.95. The zero-order chi connectivity index (χ0) is 7.72. The number of nitrogens with zero attached hydrogens (tertiary/aromatic N) is 2. The third-order valence-corrected chi connectivity index (χ3v) is 1.51. The summed E-state index contributed by atoms with van der Waals surface area (Å²) in [5.41, 5.74) is 6.89. The molecular weight excluding hydrogens is 180 g/mol. The van der Waals surface area contributed by atoms with Crippen molar-refractivity contribution < 1.29 is 4.39 Å². The van der Waals surface area contributed by atoms with E-state index < -0.39 is 11.9 Å². The van der Waals surface area contributed by atoms with Gasteiger partial charge in [-0.3, -0.25) is 5.73 Å². The molecule has 0 aliphatic carbocycles. The third-order valence-electron chi connectivity index (χ3n) is 0.784. The van der Waals surface area contributed by atoms with E-state index in [0.29, 0.717) is 0 Å². The van der Waals surface area contributed by atoms with Crippen molar-refractivity contribution in [3.8, 4) is 0 Å². The largest absolute Gasteiger partial charge is 0.312 e. The summed E-state index contributed by atoms with van der Waals surface area (Å²) in [5.74, 6) is -0.404. The molecule has 0 unspecified atom stereocenters. The van der Waals surface area contributed by atoms with Crippen LogP contribution in [0.1, 0.15) is 0 Å². The first kappa shape index (κ1) is 7.50. The van der Waals surface area contributed by atoms with Gasteiger partial charge in [0, 0.05) is 0 Å². The zero-order valence-electron chi connectivity index (χ0n) is 4.53. The molecule has 1 aromatic heterocycles. The second-order valence-corrected chi connectivity index (χ2v) is 2.18. The Labute approximate surface area is 66.0 Å². The lowest BCUT2D eigenvalue weighted by atomic mass is 10.6. The van der Waals surface area contributed by atoms with Crippen molar-refractivity contribution in [3.63, 3.8) is 0 Å². The van der Waals surface area contributed by atoms with E-state index in [4.69, 9.17) is 28.9 Å². The number of halogens is 3. The monoisotopic (exact) mass is 180 g/mol. The van der Waals surface area contributed by atoms with Crippen LogP contribution in [-0.4, -0.2) is 9.97 Å². The summed E-state index contributed by atoms with van der Waals surface area (Å²) < 4.78 is 12.1. The van der Waals surface area contributed by atoms with Crippen LogP contribution in [0.15, 0.2) is 0 Å². The molecule has 0 saturated heterocycles. The van der Waals surface area contributed by atoms with Gasteiger partial charge in [-0.1, -0.05) is 23.2 Å². The number of hydrogen-bond donors (Lipinski definition) is 0. The molecule has 1 aromatic rings. The summed E-state index contributed by atoms with van der Waals surface area (Å²) >= 11 is 10.6. The molecule has 3 nitrogen and oxygen atoms in total. The molecule has 0 amide bonds. The van der Waals surface area contributed by atoms with Crippen molar-refractivity contribution in [1.29, 1.82) is 0 Å². The summed E-state index contributed by atoms with van der Waals surface area (Å²) in [4.78, 5) is 6.08. The van der Waals surface area contributed by atoms with Gasteiger partial charge in [0.1, 0.15) is 5.02 Å². The average Bonchev–Trinajstić information content (AvgIpc) is 1.82. The predicted molar refractivity (Wildman–Crippen MR) is 34.8 cm³/mol. The minimum Gasteiger partial charge on any atom is -0.281 e. The van der Waals surface area contributed by atoms with Crippen molar-refractivity contribution >= 4 is 29.0 Å². The number of aromatic nitrogens is 2. The predicted octanol–water partition coefficient (Wildman–Crippen LogP) is 1.84. The second kappa shape index (κ2) is 2.56. The number of nitrogens with one attached hydrogen (secondary N) is 1. The summed E-state index contributed by atoms with van der Waals surface area (Å²) in [7, 11) is 0. The molecule has 10 heavy (non-hydrogen) atoms. The van der Waals surface area contributed by atoms with Crippen molar-refractivity contribution in [2.45, 2.75) is 0 Å². The van der Waals surface area contributed by atoms with Gasteiger partial charge in [-0.25, -0.2) is 0 Å². The first-order valence-electron chi connectivity index (χ1n) is 2.21. The van der Waals surface area contributed by atoms with Gasteiger partial charge in [0.15, 0.2) is 11.0 Å². The fourth-order valence-electron chi connectivity index (χ4n) is 0.394. The molecule has 1 radical (unpaired) electrons. The van der Waals surface area contributed by atoms with Crippen molar-refractivity contribution in [1.82, 2.24) is 15.7 Å². The van der Waals surface area contributed by atoms with Gasteiger partial charge in [-0.05, 0) is 0 Å². The number of rotatable bonds is 0. The standard InChI is InChI=1S/C4HCl2FN3/c5-1-2(6)9-4(7)10-3(1)8/h8H. The smallest absolute Gasteiger partial charge is 0.281 e. The zero-order valence-corrected chi connectivity index (χ0v) is 6.04. The molecule has 1 rings (SSSR count). The quantitative estimate of drug-likeness (QED) is 0.452. The molecule has 1 heterocycles. The summed E-state index contributed by atoms with van der Waals surface area (Å²) in [5, 5.41) is -0.373. The Balaban J connectivity index is 3.31. The number of hydrogen-bond acceptors (Lipinski definition) is 2. The highest BCUT2D eigenvalue weighted by Gasteiger charge is 2.07. The first-order valence-corrected chi connectivity index (χ1v) is 2.97. The second-order valence-electron chi connectivity index (χ2n) is 1.45. The van der Waals surface area contributed by atoms with Crippen LogP contribution in [-0.2, 0) is 0 Å². The fraction of sp³-hybridized carbons (Fsp3) is 0. The van der Waals surface area contributed by atoms with Crippen LogP contribution in [0.4, 0.5) is 10.2 Å². The van der Waals surface area contributed by atoms with Gasteiger partial charge in [-0.15, -0.1) is 0 Å². The van der Waals surface area contributed by atoms with Crippen LogP contribution < -0.4 is 5.73 Å². The van der Waals surface area contributed by atoms with E-state index in [0.717, 1.165) is 0 Å². The van der Waals surface area contributed by atoms with E-state index in [-0.39, 0.29) is 10.2 Å². The topological polar surface area (TPSA) is 49.6 Å². The van der Waals surface area contributed by atoms with Gasteiger partial charge in [0.25, 0.3) is 0 Å². The molecule has 0 fully saturated rings. The Kier molecular flexibility index (Phi) is 1.92. The van der Waals surface area contributed by atoms with E-state index >= 15 is 0 Å². The Morgan fingerprint density at radius 3 is 2.40 bits per heavy atom. The molecule has 0 atom stereocenters. The van der Waals surface area contributed by atoms with Crippen LogP contribution in [0.25, 0.3) is 0 Å². The van der Waals surface area contributed by atoms with Gasteiger partial charge >= 0.3 is 6.08 Å². The Hall–Kier alpha value is -0.610. The third kappa shape index (κ3) is 1.27. The lowest BCUT2D eigenvalue weighted by molar-refractivity contribution is 0.540. The van der Waals surface area contributed by atoms with Crippen LogP contribution in [0.5, 0.6) is 0 Å². The van der Waals surface area contributed by atoms with E-state index in [1.807, 2.05) is 0 Å². The van der Waals surface area contributed by atoms with E-state index in [1.54, 1.807) is 0 Å². The first-order chi connectivity index (χ1) is 4.61. The normalized spacial score (nSPS) is 9.90.